The predicted octanol–water partition coefficient (Wildman–Crippen LogP) is 2.08. The lowest BCUT2D eigenvalue weighted by atomic mass is 9.76. The highest BCUT2D eigenvalue weighted by molar-refractivity contribution is 5.76. The number of carbonyl (C=O) groups excluding carboxylic acids is 1. The molecule has 0 bridgehead atoms. The molecule has 1 aromatic carbocycles. The van der Waals surface area contributed by atoms with E-state index in [1.54, 1.807) is 0 Å². The number of fused-ring (bicyclic) bond motifs is 2. The van der Waals surface area contributed by atoms with E-state index in [1.807, 2.05) is 0 Å². The highest BCUT2D eigenvalue weighted by Gasteiger charge is 2.45. The molecule has 1 amide bonds. The third kappa shape index (κ3) is 2.77. The molecule has 0 radical (unpaired) electrons. The van der Waals surface area contributed by atoms with E-state index in [1.165, 1.54) is 11.1 Å². The van der Waals surface area contributed by atoms with Gasteiger partial charge in [-0.2, -0.15) is 0 Å². The minimum Gasteiger partial charge on any atom is -0.378 e. The SMILES string of the molecule is O=C(CCCN1Cc2ccccc2C1)N[C@@H]1C[C@H]2OCC[C@@H]12. The minimum atomic E-state index is 0.215. The van der Waals surface area contributed by atoms with Gasteiger partial charge in [0.2, 0.25) is 5.91 Å². The summed E-state index contributed by atoms with van der Waals surface area (Å²) >= 11 is 0. The fourth-order valence-electron chi connectivity index (χ4n) is 4.07. The Labute approximate surface area is 131 Å². The fourth-order valence-corrected chi connectivity index (χ4v) is 4.07. The summed E-state index contributed by atoms with van der Waals surface area (Å²) in [6.07, 6.45) is 4.13. The standard InChI is InChI=1S/C18H24N2O2/c21-18(19-16-10-17-15(16)7-9-22-17)6-3-8-20-11-13-4-1-2-5-14(13)12-20/h1-2,4-5,15-17H,3,6-12H2,(H,19,21)/t15-,16+,17+/m0/s1. The first-order valence-electron chi connectivity index (χ1n) is 8.50. The van der Waals surface area contributed by atoms with Gasteiger partial charge < -0.3 is 10.1 Å². The zero-order valence-electron chi connectivity index (χ0n) is 13.0. The van der Waals surface area contributed by atoms with Gasteiger partial charge in [-0.1, -0.05) is 24.3 Å². The number of hydrogen-bond donors (Lipinski definition) is 1. The van der Waals surface area contributed by atoms with Gasteiger partial charge in [-0.25, -0.2) is 0 Å². The molecular formula is C18H24N2O2. The first kappa shape index (κ1) is 14.2. The molecule has 0 unspecified atom stereocenters. The van der Waals surface area contributed by atoms with Crippen LogP contribution in [0.4, 0.5) is 0 Å². The number of nitrogens with zero attached hydrogens (tertiary/aromatic N) is 1. The third-order valence-electron chi connectivity index (χ3n) is 5.39. The van der Waals surface area contributed by atoms with Crippen LogP contribution in [0.5, 0.6) is 0 Å². The average molecular weight is 300 g/mol. The average Bonchev–Trinajstić information content (AvgIpc) is 3.07. The molecule has 1 saturated carbocycles. The molecule has 3 atom stereocenters. The number of rotatable bonds is 5. The molecule has 3 aliphatic rings. The molecule has 4 rings (SSSR count). The Kier molecular flexibility index (Phi) is 3.89. The van der Waals surface area contributed by atoms with Gasteiger partial charge in [0, 0.05) is 38.1 Å². The molecule has 22 heavy (non-hydrogen) atoms. The van der Waals surface area contributed by atoms with Gasteiger partial charge in [0.1, 0.15) is 0 Å². The second kappa shape index (κ2) is 6.01. The molecule has 4 nitrogen and oxygen atoms in total. The number of amides is 1. The Morgan fingerprint density at radius 1 is 1.27 bits per heavy atom. The first-order chi connectivity index (χ1) is 10.8. The van der Waals surface area contributed by atoms with Gasteiger partial charge >= 0.3 is 0 Å². The topological polar surface area (TPSA) is 41.6 Å². The van der Waals surface area contributed by atoms with Crippen molar-refractivity contribution in [3.05, 3.63) is 35.4 Å². The summed E-state index contributed by atoms with van der Waals surface area (Å²) in [4.78, 5) is 14.5. The second-order valence-corrected chi connectivity index (χ2v) is 6.85. The molecule has 2 aliphatic heterocycles. The summed E-state index contributed by atoms with van der Waals surface area (Å²) in [6.45, 7) is 3.93. The molecule has 1 aliphatic carbocycles. The number of nitrogens with one attached hydrogen (secondary N) is 1. The normalized spacial score (nSPS) is 29.7. The summed E-state index contributed by atoms with van der Waals surface area (Å²) in [7, 11) is 0. The lowest BCUT2D eigenvalue weighted by Crippen LogP contribution is -2.53. The minimum absolute atomic E-state index is 0.215. The van der Waals surface area contributed by atoms with E-state index >= 15 is 0 Å². The summed E-state index contributed by atoms with van der Waals surface area (Å²) < 4.78 is 5.59. The molecule has 2 heterocycles. The van der Waals surface area contributed by atoms with E-state index in [4.69, 9.17) is 4.74 Å². The predicted molar refractivity (Wildman–Crippen MR) is 84.2 cm³/mol. The van der Waals surface area contributed by atoms with Crippen LogP contribution >= 0.6 is 0 Å². The fraction of sp³-hybridized carbons (Fsp3) is 0.611. The van der Waals surface area contributed by atoms with Crippen LogP contribution in [0.3, 0.4) is 0 Å². The quantitative estimate of drug-likeness (QED) is 0.905. The van der Waals surface area contributed by atoms with Crippen LogP contribution in [-0.2, 0) is 22.6 Å². The van der Waals surface area contributed by atoms with Crippen molar-refractivity contribution >= 4 is 5.91 Å². The van der Waals surface area contributed by atoms with Crippen molar-refractivity contribution in [2.75, 3.05) is 13.2 Å². The molecular weight excluding hydrogens is 276 g/mol. The second-order valence-electron chi connectivity index (χ2n) is 6.85. The molecule has 118 valence electrons. The molecule has 2 fully saturated rings. The van der Waals surface area contributed by atoms with E-state index in [2.05, 4.69) is 34.5 Å². The molecule has 0 aromatic heterocycles. The Morgan fingerprint density at radius 2 is 2.05 bits per heavy atom. The highest BCUT2D eigenvalue weighted by Crippen LogP contribution is 2.38. The Balaban J connectivity index is 1.16. The van der Waals surface area contributed by atoms with Gasteiger partial charge in [0.25, 0.3) is 0 Å². The summed E-state index contributed by atoms with van der Waals surface area (Å²) in [5.74, 6) is 0.795. The van der Waals surface area contributed by atoms with E-state index in [0.717, 1.165) is 45.5 Å². The maximum atomic E-state index is 12.1. The molecule has 4 heteroatoms. The zero-order chi connectivity index (χ0) is 14.9. The number of carbonyl (C=O) groups is 1. The van der Waals surface area contributed by atoms with Crippen molar-refractivity contribution in [2.24, 2.45) is 5.92 Å². The molecule has 1 saturated heterocycles. The van der Waals surface area contributed by atoms with Gasteiger partial charge in [0.05, 0.1) is 6.10 Å². The maximum absolute atomic E-state index is 12.1. The van der Waals surface area contributed by atoms with Crippen molar-refractivity contribution in [3.63, 3.8) is 0 Å². The van der Waals surface area contributed by atoms with Crippen molar-refractivity contribution < 1.29 is 9.53 Å². The smallest absolute Gasteiger partial charge is 0.220 e. The summed E-state index contributed by atoms with van der Waals surface area (Å²) in [5, 5.41) is 3.19. The van der Waals surface area contributed by atoms with Gasteiger partial charge in [0.15, 0.2) is 0 Å². The monoisotopic (exact) mass is 300 g/mol. The lowest BCUT2D eigenvalue weighted by Gasteiger charge is -2.39. The first-order valence-corrected chi connectivity index (χ1v) is 8.50. The third-order valence-corrected chi connectivity index (χ3v) is 5.39. The summed E-state index contributed by atoms with van der Waals surface area (Å²) in [6, 6.07) is 9.00. The van der Waals surface area contributed by atoms with E-state index in [0.29, 0.717) is 24.5 Å². The van der Waals surface area contributed by atoms with Crippen molar-refractivity contribution in [1.82, 2.24) is 10.2 Å². The van der Waals surface area contributed by atoms with Crippen LogP contribution in [0.2, 0.25) is 0 Å². The Morgan fingerprint density at radius 3 is 2.77 bits per heavy atom. The van der Waals surface area contributed by atoms with Crippen molar-refractivity contribution in [3.8, 4) is 0 Å². The van der Waals surface area contributed by atoms with E-state index in [9.17, 15) is 4.79 Å². The molecule has 0 spiro atoms. The zero-order valence-corrected chi connectivity index (χ0v) is 13.0. The van der Waals surface area contributed by atoms with Gasteiger partial charge in [-0.05, 0) is 36.9 Å². The van der Waals surface area contributed by atoms with Crippen molar-refractivity contribution in [1.29, 1.82) is 0 Å². The number of ether oxygens (including phenoxy) is 1. The van der Waals surface area contributed by atoms with E-state index in [-0.39, 0.29) is 5.91 Å². The van der Waals surface area contributed by atoms with Crippen LogP contribution in [0.15, 0.2) is 24.3 Å². The van der Waals surface area contributed by atoms with E-state index < -0.39 is 0 Å². The van der Waals surface area contributed by atoms with Crippen LogP contribution in [-0.4, -0.2) is 36.1 Å². The summed E-state index contributed by atoms with van der Waals surface area (Å²) in [5.41, 5.74) is 2.88. The van der Waals surface area contributed by atoms with Crippen LogP contribution in [0, 0.1) is 5.92 Å². The highest BCUT2D eigenvalue weighted by atomic mass is 16.5. The maximum Gasteiger partial charge on any atom is 0.220 e. The lowest BCUT2D eigenvalue weighted by molar-refractivity contribution is -0.124. The van der Waals surface area contributed by atoms with Crippen LogP contribution < -0.4 is 5.32 Å². The van der Waals surface area contributed by atoms with Gasteiger partial charge in [-0.3, -0.25) is 9.69 Å². The molecule has 1 N–H and O–H groups in total. The van der Waals surface area contributed by atoms with Gasteiger partial charge in [-0.15, -0.1) is 0 Å². The van der Waals surface area contributed by atoms with Crippen LogP contribution in [0.1, 0.15) is 36.8 Å². The number of hydrogen-bond acceptors (Lipinski definition) is 3. The van der Waals surface area contributed by atoms with Crippen molar-refractivity contribution in [2.45, 2.75) is 50.9 Å². The Hall–Kier alpha value is -1.39. The van der Waals surface area contributed by atoms with Crippen LogP contribution in [0.25, 0.3) is 0 Å². The Bertz CT molecular complexity index is 535. The largest absolute Gasteiger partial charge is 0.378 e. The molecule has 1 aromatic rings. The number of benzene rings is 1.